The van der Waals surface area contributed by atoms with E-state index in [1.54, 1.807) is 28.7 Å². The molecule has 5 heteroatoms. The summed E-state index contributed by atoms with van der Waals surface area (Å²) >= 11 is 7.12. The fraction of sp³-hybridized carbons (Fsp3) is 0.111. The third kappa shape index (κ3) is 2.22. The lowest BCUT2D eigenvalue weighted by Crippen LogP contribution is -2.07. The van der Waals surface area contributed by atoms with Gasteiger partial charge in [-0.3, -0.25) is 4.79 Å². The van der Waals surface area contributed by atoms with Crippen LogP contribution in [-0.2, 0) is 0 Å². The third-order valence-corrected chi connectivity index (χ3v) is 2.66. The van der Waals surface area contributed by atoms with Crippen molar-refractivity contribution in [1.82, 2.24) is 0 Å². The summed E-state index contributed by atoms with van der Waals surface area (Å²) in [4.78, 5) is 11.2. The van der Waals surface area contributed by atoms with Crippen LogP contribution in [0.1, 0.15) is 15.9 Å². The Morgan fingerprint density at radius 1 is 1.64 bits per heavy atom. The molecule has 0 unspecified atom stereocenters. The van der Waals surface area contributed by atoms with Gasteiger partial charge in [0.1, 0.15) is 5.82 Å². The number of alkyl halides is 1. The number of benzene rings is 1. The van der Waals surface area contributed by atoms with Crippen LogP contribution in [0.2, 0.25) is 0 Å². The molecule has 0 heterocycles. The fourth-order valence-corrected chi connectivity index (χ4v) is 2.00. The van der Waals surface area contributed by atoms with Gasteiger partial charge in [0.25, 0.3) is 0 Å². The minimum absolute atomic E-state index is 0.0420. The van der Waals surface area contributed by atoms with Gasteiger partial charge in [-0.05, 0) is 34.7 Å². The van der Waals surface area contributed by atoms with Gasteiger partial charge in [-0.2, -0.15) is 5.26 Å². The summed E-state index contributed by atoms with van der Waals surface area (Å²) in [5.74, 6) is -1.43. The number of hydrogen-bond acceptors (Lipinski definition) is 2. The number of nitriles is 1. The summed E-state index contributed by atoms with van der Waals surface area (Å²) in [5.41, 5.74) is 0.151. The molecule has 0 bridgehead atoms. The molecular formula is C9H4ClFINO. The first-order chi connectivity index (χ1) is 6.60. The van der Waals surface area contributed by atoms with Crippen LogP contribution in [-0.4, -0.2) is 11.7 Å². The Morgan fingerprint density at radius 3 is 2.71 bits per heavy atom. The van der Waals surface area contributed by atoms with Gasteiger partial charge in [0, 0.05) is 3.57 Å². The first-order valence-corrected chi connectivity index (χ1v) is 5.19. The quantitative estimate of drug-likeness (QED) is 0.477. The van der Waals surface area contributed by atoms with E-state index in [4.69, 9.17) is 16.9 Å². The van der Waals surface area contributed by atoms with Gasteiger partial charge >= 0.3 is 0 Å². The summed E-state index contributed by atoms with van der Waals surface area (Å²) in [5, 5.41) is 8.54. The van der Waals surface area contributed by atoms with Crippen LogP contribution < -0.4 is 0 Å². The Bertz CT molecular complexity index is 404. The summed E-state index contributed by atoms with van der Waals surface area (Å²) in [6.07, 6.45) is 0. The highest BCUT2D eigenvalue weighted by Crippen LogP contribution is 2.19. The molecule has 0 aliphatic rings. The van der Waals surface area contributed by atoms with E-state index < -0.39 is 11.6 Å². The van der Waals surface area contributed by atoms with Crippen LogP contribution in [0.25, 0.3) is 0 Å². The molecule has 0 N–H and O–H groups in total. The molecule has 0 radical (unpaired) electrons. The van der Waals surface area contributed by atoms with Gasteiger partial charge < -0.3 is 0 Å². The Kier molecular flexibility index (Phi) is 3.84. The third-order valence-electron chi connectivity index (χ3n) is 1.57. The van der Waals surface area contributed by atoms with Crippen molar-refractivity contribution in [2.24, 2.45) is 0 Å². The van der Waals surface area contributed by atoms with Crippen LogP contribution in [0.5, 0.6) is 0 Å². The van der Waals surface area contributed by atoms with Crippen molar-refractivity contribution in [3.8, 4) is 6.07 Å². The van der Waals surface area contributed by atoms with Crippen molar-refractivity contribution in [2.75, 3.05) is 5.88 Å². The molecule has 0 aliphatic heterocycles. The van der Waals surface area contributed by atoms with Gasteiger partial charge in [-0.25, -0.2) is 4.39 Å². The zero-order valence-electron chi connectivity index (χ0n) is 6.85. The minimum Gasteiger partial charge on any atom is -0.293 e. The van der Waals surface area contributed by atoms with Crippen molar-refractivity contribution < 1.29 is 9.18 Å². The molecule has 1 aromatic rings. The molecule has 14 heavy (non-hydrogen) atoms. The SMILES string of the molecule is N#Cc1cc(F)c(C(=O)CCl)c(I)c1. The number of ketones is 1. The van der Waals surface area contributed by atoms with Crippen molar-refractivity contribution in [1.29, 1.82) is 5.26 Å². The summed E-state index contributed by atoms with van der Waals surface area (Å²) in [6, 6.07) is 4.28. The molecule has 0 spiro atoms. The zero-order chi connectivity index (χ0) is 10.7. The highest BCUT2D eigenvalue weighted by molar-refractivity contribution is 14.1. The monoisotopic (exact) mass is 323 g/mol. The Labute approximate surface area is 98.8 Å². The average Bonchev–Trinajstić information content (AvgIpc) is 2.16. The Hall–Kier alpha value is -0.670. The second-order valence-electron chi connectivity index (χ2n) is 2.48. The van der Waals surface area contributed by atoms with Crippen molar-refractivity contribution in [3.05, 3.63) is 32.6 Å². The highest BCUT2D eigenvalue weighted by Gasteiger charge is 2.15. The first kappa shape index (κ1) is 11.4. The van der Waals surface area contributed by atoms with E-state index in [-0.39, 0.29) is 17.0 Å². The second-order valence-corrected chi connectivity index (χ2v) is 3.91. The van der Waals surface area contributed by atoms with Crippen molar-refractivity contribution in [3.63, 3.8) is 0 Å². The summed E-state index contributed by atoms with van der Waals surface area (Å²) < 4.78 is 13.7. The molecule has 72 valence electrons. The number of carbonyl (C=O) groups excluding carboxylic acids is 1. The first-order valence-electron chi connectivity index (χ1n) is 3.58. The van der Waals surface area contributed by atoms with E-state index in [0.717, 1.165) is 6.07 Å². The van der Waals surface area contributed by atoms with E-state index >= 15 is 0 Å². The van der Waals surface area contributed by atoms with E-state index in [9.17, 15) is 9.18 Å². The van der Waals surface area contributed by atoms with Crippen molar-refractivity contribution >= 4 is 40.0 Å². The highest BCUT2D eigenvalue weighted by atomic mass is 127. The minimum atomic E-state index is -0.695. The topological polar surface area (TPSA) is 40.9 Å². The van der Waals surface area contributed by atoms with Crippen LogP contribution in [0, 0.1) is 20.7 Å². The van der Waals surface area contributed by atoms with Crippen molar-refractivity contribution in [2.45, 2.75) is 0 Å². The number of halogens is 3. The number of Topliss-reactive ketones (excluding diaryl/α,β-unsaturated/α-hetero) is 1. The van der Waals surface area contributed by atoms with Gasteiger partial charge in [-0.1, -0.05) is 0 Å². The Morgan fingerprint density at radius 2 is 2.29 bits per heavy atom. The Balaban J connectivity index is 3.34. The van der Waals surface area contributed by atoms with Gasteiger partial charge in [0.2, 0.25) is 0 Å². The molecule has 0 saturated heterocycles. The average molecular weight is 323 g/mol. The standard InChI is InChI=1S/C9H4ClFINO/c10-3-8(14)9-6(11)1-5(4-13)2-7(9)12/h1-2H,3H2. The summed E-state index contributed by atoms with van der Waals surface area (Å²) in [7, 11) is 0. The molecule has 0 saturated carbocycles. The molecule has 0 fully saturated rings. The maximum absolute atomic E-state index is 13.3. The van der Waals surface area contributed by atoms with Crippen LogP contribution in [0.4, 0.5) is 4.39 Å². The lowest BCUT2D eigenvalue weighted by molar-refractivity contribution is 0.101. The molecule has 2 nitrogen and oxygen atoms in total. The predicted molar refractivity (Wildman–Crippen MR) is 58.9 cm³/mol. The second kappa shape index (κ2) is 4.71. The zero-order valence-corrected chi connectivity index (χ0v) is 9.76. The van der Waals surface area contributed by atoms with Gasteiger partial charge in [0.05, 0.1) is 23.1 Å². The number of rotatable bonds is 2. The van der Waals surface area contributed by atoms with Crippen LogP contribution in [0.15, 0.2) is 12.1 Å². The normalized spacial score (nSPS) is 9.57. The summed E-state index contributed by atoms with van der Waals surface area (Å²) in [6.45, 7) is 0. The van der Waals surface area contributed by atoms with E-state index in [1.165, 1.54) is 6.07 Å². The molecular weight excluding hydrogens is 319 g/mol. The molecule has 0 aliphatic carbocycles. The fourth-order valence-electron chi connectivity index (χ4n) is 0.971. The number of nitrogens with zero attached hydrogens (tertiary/aromatic N) is 1. The van der Waals surface area contributed by atoms with E-state index in [2.05, 4.69) is 0 Å². The lowest BCUT2D eigenvalue weighted by Gasteiger charge is -2.03. The van der Waals surface area contributed by atoms with Crippen LogP contribution >= 0.6 is 34.2 Å². The largest absolute Gasteiger partial charge is 0.293 e. The number of hydrogen-bond donors (Lipinski definition) is 0. The lowest BCUT2D eigenvalue weighted by atomic mass is 10.1. The van der Waals surface area contributed by atoms with Gasteiger partial charge in [-0.15, -0.1) is 11.6 Å². The maximum Gasteiger partial charge on any atom is 0.181 e. The smallest absolute Gasteiger partial charge is 0.181 e. The van der Waals surface area contributed by atoms with Gasteiger partial charge in [0.15, 0.2) is 5.78 Å². The molecule has 0 aromatic heterocycles. The van der Waals surface area contributed by atoms with E-state index in [0.29, 0.717) is 3.57 Å². The molecule has 0 amide bonds. The predicted octanol–water partition coefficient (Wildman–Crippen LogP) is 2.72. The van der Waals surface area contributed by atoms with E-state index in [1.807, 2.05) is 0 Å². The molecule has 1 rings (SSSR count). The number of carbonyl (C=O) groups is 1. The molecule has 1 aromatic carbocycles. The maximum atomic E-state index is 13.3. The van der Waals surface area contributed by atoms with Crippen LogP contribution in [0.3, 0.4) is 0 Å². The molecule has 0 atom stereocenters.